The predicted molar refractivity (Wildman–Crippen MR) is 71.9 cm³/mol. The molecule has 0 saturated heterocycles. The molecule has 0 radical (unpaired) electrons. The lowest BCUT2D eigenvalue weighted by Gasteiger charge is -2.14. The number of rotatable bonds is 11. The van der Waals surface area contributed by atoms with E-state index in [0.29, 0.717) is 12.6 Å². The van der Waals surface area contributed by atoms with Gasteiger partial charge in [0, 0.05) is 19.3 Å². The summed E-state index contributed by atoms with van der Waals surface area (Å²) >= 11 is 0. The molecular weight excluding hydrogens is 212 g/mol. The molecule has 1 N–H and O–H groups in total. The van der Waals surface area contributed by atoms with Crippen LogP contribution in [0.15, 0.2) is 0 Å². The Morgan fingerprint density at radius 2 is 1.82 bits per heavy atom. The van der Waals surface area contributed by atoms with Crippen molar-refractivity contribution in [2.45, 2.75) is 71.4 Å². The fourth-order valence-corrected chi connectivity index (χ4v) is 1.70. The molecular formula is C14H28N2O. The number of nitriles is 1. The number of ether oxygens (including phenoxy) is 1. The summed E-state index contributed by atoms with van der Waals surface area (Å²) in [4.78, 5) is 0. The summed E-state index contributed by atoms with van der Waals surface area (Å²) < 4.78 is 5.54. The van der Waals surface area contributed by atoms with Gasteiger partial charge in [-0.1, -0.05) is 32.6 Å². The van der Waals surface area contributed by atoms with Gasteiger partial charge in [-0.25, -0.2) is 0 Å². The lowest BCUT2D eigenvalue weighted by atomic mass is 10.2. The summed E-state index contributed by atoms with van der Waals surface area (Å²) in [7, 11) is 0. The SMILES string of the molecule is CCCCCCCOCCC(C#N)NC(C)C. The monoisotopic (exact) mass is 240 g/mol. The molecule has 17 heavy (non-hydrogen) atoms. The van der Waals surface area contributed by atoms with Crippen molar-refractivity contribution in [2.75, 3.05) is 13.2 Å². The van der Waals surface area contributed by atoms with Gasteiger partial charge in [0.2, 0.25) is 0 Å². The molecule has 0 aliphatic heterocycles. The summed E-state index contributed by atoms with van der Waals surface area (Å²) in [5, 5.41) is 12.1. The maximum Gasteiger partial charge on any atom is 0.0976 e. The molecule has 0 aromatic carbocycles. The maximum absolute atomic E-state index is 8.91. The van der Waals surface area contributed by atoms with E-state index in [1.54, 1.807) is 0 Å². The zero-order valence-corrected chi connectivity index (χ0v) is 11.7. The van der Waals surface area contributed by atoms with E-state index in [-0.39, 0.29) is 6.04 Å². The van der Waals surface area contributed by atoms with Gasteiger partial charge >= 0.3 is 0 Å². The minimum absolute atomic E-state index is 0.0740. The zero-order valence-electron chi connectivity index (χ0n) is 11.7. The Labute approximate surface area is 107 Å². The van der Waals surface area contributed by atoms with Crippen LogP contribution in [0.2, 0.25) is 0 Å². The molecule has 0 aliphatic rings. The average Bonchev–Trinajstić information content (AvgIpc) is 2.30. The highest BCUT2D eigenvalue weighted by atomic mass is 16.5. The van der Waals surface area contributed by atoms with Gasteiger partial charge in [-0.15, -0.1) is 0 Å². The Balaban J connectivity index is 3.29. The van der Waals surface area contributed by atoms with Gasteiger partial charge in [-0.2, -0.15) is 5.26 Å². The maximum atomic E-state index is 8.91. The van der Waals surface area contributed by atoms with Crippen LogP contribution < -0.4 is 5.32 Å². The second-order valence-electron chi connectivity index (χ2n) is 4.82. The quantitative estimate of drug-likeness (QED) is 0.564. The molecule has 100 valence electrons. The third-order valence-corrected chi connectivity index (χ3v) is 2.63. The van der Waals surface area contributed by atoms with Crippen molar-refractivity contribution in [3.05, 3.63) is 0 Å². The van der Waals surface area contributed by atoms with Crippen molar-refractivity contribution in [3.8, 4) is 6.07 Å². The number of nitrogens with zero attached hydrogens (tertiary/aromatic N) is 1. The zero-order chi connectivity index (χ0) is 12.9. The van der Waals surface area contributed by atoms with E-state index in [1.165, 1.54) is 25.7 Å². The Bertz CT molecular complexity index is 199. The molecule has 0 aliphatic carbocycles. The predicted octanol–water partition coefficient (Wildman–Crippen LogP) is 3.25. The number of unbranched alkanes of at least 4 members (excludes halogenated alkanes) is 4. The van der Waals surface area contributed by atoms with E-state index in [1.807, 2.05) is 0 Å². The van der Waals surface area contributed by atoms with Crippen LogP contribution in [0.5, 0.6) is 0 Å². The molecule has 0 amide bonds. The molecule has 3 nitrogen and oxygen atoms in total. The van der Waals surface area contributed by atoms with Crippen molar-refractivity contribution in [3.63, 3.8) is 0 Å². The van der Waals surface area contributed by atoms with E-state index in [9.17, 15) is 0 Å². The highest BCUT2D eigenvalue weighted by molar-refractivity contribution is 4.90. The fourth-order valence-electron chi connectivity index (χ4n) is 1.70. The van der Waals surface area contributed by atoms with Crippen molar-refractivity contribution in [2.24, 2.45) is 0 Å². The first kappa shape index (κ1) is 16.4. The first-order valence-corrected chi connectivity index (χ1v) is 6.94. The summed E-state index contributed by atoms with van der Waals surface area (Å²) in [5.41, 5.74) is 0. The van der Waals surface area contributed by atoms with Crippen LogP contribution >= 0.6 is 0 Å². The van der Waals surface area contributed by atoms with E-state index < -0.39 is 0 Å². The summed E-state index contributed by atoms with van der Waals surface area (Å²) in [6.45, 7) is 7.85. The van der Waals surface area contributed by atoms with E-state index in [4.69, 9.17) is 10.00 Å². The number of hydrogen-bond acceptors (Lipinski definition) is 3. The molecule has 0 aromatic heterocycles. The molecule has 0 rings (SSSR count). The molecule has 0 heterocycles. The summed E-state index contributed by atoms with van der Waals surface area (Å²) in [6, 6.07) is 2.54. The Hall–Kier alpha value is -0.590. The van der Waals surface area contributed by atoms with E-state index in [2.05, 4.69) is 32.2 Å². The van der Waals surface area contributed by atoms with Gasteiger partial charge in [-0.05, 0) is 26.7 Å². The molecule has 1 atom stereocenters. The Morgan fingerprint density at radius 1 is 1.12 bits per heavy atom. The first-order chi connectivity index (χ1) is 8.20. The number of hydrogen-bond donors (Lipinski definition) is 1. The van der Waals surface area contributed by atoms with Gasteiger partial charge < -0.3 is 4.74 Å². The third kappa shape index (κ3) is 11.7. The van der Waals surface area contributed by atoms with Crippen LogP contribution in [0.3, 0.4) is 0 Å². The van der Waals surface area contributed by atoms with E-state index in [0.717, 1.165) is 19.4 Å². The molecule has 0 saturated carbocycles. The van der Waals surface area contributed by atoms with Crippen LogP contribution in [-0.4, -0.2) is 25.3 Å². The number of nitrogens with one attached hydrogen (secondary N) is 1. The van der Waals surface area contributed by atoms with Crippen LogP contribution in [0.1, 0.15) is 59.3 Å². The van der Waals surface area contributed by atoms with Gasteiger partial charge in [0.15, 0.2) is 0 Å². The standard InChI is InChI=1S/C14H28N2O/c1-4-5-6-7-8-10-17-11-9-14(12-15)16-13(2)3/h13-14,16H,4-11H2,1-3H3. The average molecular weight is 240 g/mol. The largest absolute Gasteiger partial charge is 0.381 e. The van der Waals surface area contributed by atoms with Crippen LogP contribution in [0, 0.1) is 11.3 Å². The molecule has 3 heteroatoms. The van der Waals surface area contributed by atoms with Crippen molar-refractivity contribution in [1.82, 2.24) is 5.32 Å². The van der Waals surface area contributed by atoms with Gasteiger partial charge in [0.1, 0.15) is 0 Å². The summed E-state index contributed by atoms with van der Waals surface area (Å²) in [6.07, 6.45) is 7.12. The third-order valence-electron chi connectivity index (χ3n) is 2.63. The fraction of sp³-hybridized carbons (Fsp3) is 0.929. The minimum Gasteiger partial charge on any atom is -0.381 e. The highest BCUT2D eigenvalue weighted by Gasteiger charge is 2.07. The highest BCUT2D eigenvalue weighted by Crippen LogP contribution is 2.02. The molecule has 0 spiro atoms. The van der Waals surface area contributed by atoms with Gasteiger partial charge in [-0.3, -0.25) is 5.32 Å². The lowest BCUT2D eigenvalue weighted by Crippen LogP contribution is -2.34. The molecule has 0 fully saturated rings. The van der Waals surface area contributed by atoms with Crippen molar-refractivity contribution in [1.29, 1.82) is 5.26 Å². The second-order valence-corrected chi connectivity index (χ2v) is 4.82. The van der Waals surface area contributed by atoms with Crippen LogP contribution in [-0.2, 0) is 4.74 Å². The lowest BCUT2D eigenvalue weighted by molar-refractivity contribution is 0.123. The molecule has 1 unspecified atom stereocenters. The van der Waals surface area contributed by atoms with E-state index >= 15 is 0 Å². The molecule has 0 bridgehead atoms. The Morgan fingerprint density at radius 3 is 2.41 bits per heavy atom. The molecule has 0 aromatic rings. The van der Waals surface area contributed by atoms with Crippen LogP contribution in [0.25, 0.3) is 0 Å². The van der Waals surface area contributed by atoms with Gasteiger partial charge in [0.25, 0.3) is 0 Å². The second kappa shape index (κ2) is 11.9. The smallest absolute Gasteiger partial charge is 0.0976 e. The van der Waals surface area contributed by atoms with Crippen molar-refractivity contribution >= 4 is 0 Å². The van der Waals surface area contributed by atoms with Gasteiger partial charge in [0.05, 0.1) is 12.1 Å². The summed E-state index contributed by atoms with van der Waals surface area (Å²) in [5.74, 6) is 0. The van der Waals surface area contributed by atoms with Crippen molar-refractivity contribution < 1.29 is 4.74 Å². The van der Waals surface area contributed by atoms with Crippen LogP contribution in [0.4, 0.5) is 0 Å². The minimum atomic E-state index is -0.0740. The normalized spacial score (nSPS) is 12.6. The topological polar surface area (TPSA) is 45.0 Å². The Kier molecular flexibility index (Phi) is 11.5. The first-order valence-electron chi connectivity index (χ1n) is 6.94.